The number of carbonyl (C=O) groups is 2. The smallest absolute Gasteiger partial charge is 0.407 e. The van der Waals surface area contributed by atoms with Crippen LogP contribution in [0.25, 0.3) is 0 Å². The third-order valence-electron chi connectivity index (χ3n) is 2.59. The van der Waals surface area contributed by atoms with Gasteiger partial charge in [-0.25, -0.2) is 9.59 Å². The third kappa shape index (κ3) is 2.71. The Morgan fingerprint density at radius 2 is 2.39 bits per heavy atom. The zero-order valence-electron chi connectivity index (χ0n) is 9.80. The summed E-state index contributed by atoms with van der Waals surface area (Å²) in [5, 5.41) is 11.4. The van der Waals surface area contributed by atoms with E-state index in [1.807, 2.05) is 0 Å². The Balaban J connectivity index is 1.97. The summed E-state index contributed by atoms with van der Waals surface area (Å²) in [7, 11) is 0. The quantitative estimate of drug-likeness (QED) is 0.839. The van der Waals surface area contributed by atoms with Gasteiger partial charge in [0.05, 0.1) is 12.1 Å². The summed E-state index contributed by atoms with van der Waals surface area (Å²) in [5.74, 6) is -0.387. The standard InChI is InChI=1S/C12H13NO5/c1-7-4-8(11(14)15)2-3-10(7)17-6-9-5-13-12(16)18-9/h2-4,9H,5-6H2,1H3,(H,13,16)(H,14,15). The van der Waals surface area contributed by atoms with E-state index in [1.165, 1.54) is 12.1 Å². The lowest BCUT2D eigenvalue weighted by atomic mass is 10.1. The normalized spacial score (nSPS) is 18.1. The number of amides is 1. The molecule has 1 aromatic rings. The zero-order valence-corrected chi connectivity index (χ0v) is 9.80. The molecule has 1 fully saturated rings. The number of aryl methyl sites for hydroxylation is 1. The molecular weight excluding hydrogens is 238 g/mol. The van der Waals surface area contributed by atoms with Crippen LogP contribution in [0.2, 0.25) is 0 Å². The maximum absolute atomic E-state index is 10.8. The van der Waals surface area contributed by atoms with Crippen LogP contribution in [-0.4, -0.2) is 36.4 Å². The topological polar surface area (TPSA) is 84.9 Å². The van der Waals surface area contributed by atoms with Crippen LogP contribution >= 0.6 is 0 Å². The van der Waals surface area contributed by atoms with Crippen LogP contribution in [-0.2, 0) is 4.74 Å². The van der Waals surface area contributed by atoms with Crippen molar-refractivity contribution in [3.8, 4) is 5.75 Å². The van der Waals surface area contributed by atoms with Crippen molar-refractivity contribution in [3.05, 3.63) is 29.3 Å². The predicted octanol–water partition coefficient (Wildman–Crippen LogP) is 1.18. The second kappa shape index (κ2) is 4.95. The van der Waals surface area contributed by atoms with Gasteiger partial charge >= 0.3 is 12.1 Å². The van der Waals surface area contributed by atoms with E-state index in [0.29, 0.717) is 12.3 Å². The van der Waals surface area contributed by atoms with Crippen LogP contribution in [0.5, 0.6) is 5.75 Å². The van der Waals surface area contributed by atoms with Crippen LogP contribution < -0.4 is 10.1 Å². The molecule has 0 radical (unpaired) electrons. The van der Waals surface area contributed by atoms with Gasteiger partial charge in [0.2, 0.25) is 0 Å². The van der Waals surface area contributed by atoms with E-state index in [0.717, 1.165) is 5.56 Å². The highest BCUT2D eigenvalue weighted by atomic mass is 16.6. The summed E-state index contributed by atoms with van der Waals surface area (Å²) in [4.78, 5) is 21.6. The van der Waals surface area contributed by atoms with Crippen LogP contribution in [0, 0.1) is 6.92 Å². The lowest BCUT2D eigenvalue weighted by Gasteiger charge is -2.12. The fraction of sp³-hybridized carbons (Fsp3) is 0.333. The Kier molecular flexibility index (Phi) is 3.36. The number of carboxylic acid groups (broad SMARTS) is 1. The molecule has 18 heavy (non-hydrogen) atoms. The van der Waals surface area contributed by atoms with E-state index >= 15 is 0 Å². The number of cyclic esters (lactones) is 1. The SMILES string of the molecule is Cc1cc(C(=O)O)ccc1OCC1CNC(=O)O1. The second-order valence-electron chi connectivity index (χ2n) is 4.00. The molecule has 1 aliphatic rings. The van der Waals surface area contributed by atoms with Gasteiger partial charge in [0.15, 0.2) is 6.10 Å². The average molecular weight is 251 g/mol. The van der Waals surface area contributed by atoms with Crippen molar-refractivity contribution in [3.63, 3.8) is 0 Å². The Labute approximate surface area is 104 Å². The number of hydrogen-bond acceptors (Lipinski definition) is 4. The van der Waals surface area contributed by atoms with Crippen molar-refractivity contribution >= 4 is 12.1 Å². The molecule has 2 rings (SSSR count). The first-order chi connectivity index (χ1) is 8.56. The molecule has 6 nitrogen and oxygen atoms in total. The third-order valence-corrected chi connectivity index (χ3v) is 2.59. The van der Waals surface area contributed by atoms with Crippen molar-refractivity contribution < 1.29 is 24.2 Å². The van der Waals surface area contributed by atoms with Crippen molar-refractivity contribution in [2.75, 3.05) is 13.2 Å². The molecule has 0 aromatic heterocycles. The Hall–Kier alpha value is -2.24. The first kappa shape index (κ1) is 12.2. The summed E-state index contributed by atoms with van der Waals surface area (Å²) in [6.45, 7) is 2.43. The minimum absolute atomic E-state index is 0.216. The second-order valence-corrected chi connectivity index (χ2v) is 4.00. The first-order valence-corrected chi connectivity index (χ1v) is 5.47. The van der Waals surface area contributed by atoms with Crippen molar-refractivity contribution in [2.45, 2.75) is 13.0 Å². The molecule has 0 aliphatic carbocycles. The summed E-state index contributed by atoms with van der Waals surface area (Å²) in [5.41, 5.74) is 0.945. The zero-order chi connectivity index (χ0) is 13.1. The van der Waals surface area contributed by atoms with Gasteiger partial charge in [-0.2, -0.15) is 0 Å². The van der Waals surface area contributed by atoms with Gasteiger partial charge in [0, 0.05) is 0 Å². The molecule has 6 heteroatoms. The number of aromatic carboxylic acids is 1. The van der Waals surface area contributed by atoms with Crippen molar-refractivity contribution in [1.29, 1.82) is 0 Å². The van der Waals surface area contributed by atoms with Gasteiger partial charge in [0.25, 0.3) is 0 Å². The van der Waals surface area contributed by atoms with E-state index in [9.17, 15) is 9.59 Å². The van der Waals surface area contributed by atoms with Crippen LogP contribution in [0.15, 0.2) is 18.2 Å². The Morgan fingerprint density at radius 3 is 2.94 bits per heavy atom. The average Bonchev–Trinajstić information content (AvgIpc) is 2.73. The van der Waals surface area contributed by atoms with Gasteiger partial charge in [-0.15, -0.1) is 0 Å². The van der Waals surface area contributed by atoms with E-state index in [-0.39, 0.29) is 18.3 Å². The van der Waals surface area contributed by atoms with Crippen LogP contribution in [0.4, 0.5) is 4.79 Å². The number of ether oxygens (including phenoxy) is 2. The molecule has 1 atom stereocenters. The van der Waals surface area contributed by atoms with Gasteiger partial charge in [-0.05, 0) is 30.7 Å². The van der Waals surface area contributed by atoms with E-state index in [1.54, 1.807) is 13.0 Å². The van der Waals surface area contributed by atoms with Gasteiger partial charge in [-0.3, -0.25) is 0 Å². The van der Waals surface area contributed by atoms with Crippen molar-refractivity contribution in [1.82, 2.24) is 5.32 Å². The fourth-order valence-corrected chi connectivity index (χ4v) is 1.65. The molecule has 96 valence electrons. The Morgan fingerprint density at radius 1 is 1.61 bits per heavy atom. The van der Waals surface area contributed by atoms with Crippen molar-refractivity contribution in [2.24, 2.45) is 0 Å². The molecule has 1 heterocycles. The lowest BCUT2D eigenvalue weighted by Crippen LogP contribution is -2.22. The van der Waals surface area contributed by atoms with E-state index < -0.39 is 12.1 Å². The van der Waals surface area contributed by atoms with Crippen LogP contribution in [0.3, 0.4) is 0 Å². The largest absolute Gasteiger partial charge is 0.489 e. The fourth-order valence-electron chi connectivity index (χ4n) is 1.65. The summed E-state index contributed by atoms with van der Waals surface area (Å²) in [6, 6.07) is 4.61. The highest BCUT2D eigenvalue weighted by Gasteiger charge is 2.23. The number of alkyl carbamates (subject to hydrolysis) is 1. The number of rotatable bonds is 4. The number of carbonyl (C=O) groups excluding carboxylic acids is 1. The molecular formula is C12H13NO5. The maximum atomic E-state index is 10.8. The van der Waals surface area contributed by atoms with E-state index in [4.69, 9.17) is 14.6 Å². The number of benzene rings is 1. The minimum atomic E-state index is -0.974. The van der Waals surface area contributed by atoms with Gasteiger partial charge in [-0.1, -0.05) is 0 Å². The maximum Gasteiger partial charge on any atom is 0.407 e. The number of carboxylic acids is 1. The van der Waals surface area contributed by atoms with Gasteiger partial charge in [0.1, 0.15) is 12.4 Å². The monoisotopic (exact) mass is 251 g/mol. The molecule has 0 bridgehead atoms. The molecule has 1 unspecified atom stereocenters. The first-order valence-electron chi connectivity index (χ1n) is 5.47. The Bertz CT molecular complexity index is 485. The molecule has 2 N–H and O–H groups in total. The summed E-state index contributed by atoms with van der Waals surface area (Å²) in [6.07, 6.45) is -0.752. The molecule has 1 saturated heterocycles. The summed E-state index contributed by atoms with van der Waals surface area (Å²) >= 11 is 0. The molecule has 0 spiro atoms. The highest BCUT2D eigenvalue weighted by molar-refractivity contribution is 5.88. The minimum Gasteiger partial charge on any atom is -0.489 e. The summed E-state index contributed by atoms with van der Waals surface area (Å²) < 4.78 is 10.4. The van der Waals surface area contributed by atoms with Crippen LogP contribution in [0.1, 0.15) is 15.9 Å². The molecule has 0 saturated carbocycles. The number of hydrogen-bond donors (Lipinski definition) is 2. The lowest BCUT2D eigenvalue weighted by molar-refractivity contribution is 0.0696. The highest BCUT2D eigenvalue weighted by Crippen LogP contribution is 2.19. The number of nitrogens with one attached hydrogen (secondary N) is 1. The molecule has 1 aliphatic heterocycles. The molecule has 1 amide bonds. The van der Waals surface area contributed by atoms with Gasteiger partial charge < -0.3 is 19.9 Å². The predicted molar refractivity (Wildman–Crippen MR) is 61.9 cm³/mol. The molecule has 1 aromatic carbocycles. The van der Waals surface area contributed by atoms with E-state index in [2.05, 4.69) is 5.32 Å².